The average Bonchev–Trinajstić information content (AvgIpc) is 2.57. The Kier molecular flexibility index (Phi) is 4.63. The number of nitrogens with zero attached hydrogens (tertiary/aromatic N) is 3. The zero-order chi connectivity index (χ0) is 16.4. The fourth-order valence-corrected chi connectivity index (χ4v) is 2.98. The summed E-state index contributed by atoms with van der Waals surface area (Å²) in [5.74, 6) is 0. The van der Waals surface area contributed by atoms with Crippen molar-refractivity contribution in [3.8, 4) is 11.1 Å². The number of benzene rings is 1. The van der Waals surface area contributed by atoms with Gasteiger partial charge in [-0.25, -0.2) is 14.4 Å². The van der Waals surface area contributed by atoms with Crippen molar-refractivity contribution in [2.45, 2.75) is 11.7 Å². The normalized spacial score (nSPS) is 11.1. The third-order valence-corrected chi connectivity index (χ3v) is 4.35. The lowest BCUT2D eigenvalue weighted by molar-refractivity contribution is 0.445. The molecule has 0 aliphatic heterocycles. The Morgan fingerprint density at radius 1 is 1.30 bits per heavy atom. The van der Waals surface area contributed by atoms with E-state index in [1.165, 1.54) is 16.3 Å². The van der Waals surface area contributed by atoms with E-state index in [9.17, 15) is 9.18 Å². The molecule has 3 aromatic rings. The maximum atomic E-state index is 12.9. The minimum Gasteiger partial charge on any atom is -0.289 e. The van der Waals surface area contributed by atoms with Crippen LogP contribution in [0, 0.1) is 0 Å². The van der Waals surface area contributed by atoms with Crippen LogP contribution < -0.4 is 5.56 Å². The maximum Gasteiger partial charge on any atom is 0.260 e. The van der Waals surface area contributed by atoms with Gasteiger partial charge in [0.05, 0.1) is 6.54 Å². The van der Waals surface area contributed by atoms with E-state index in [2.05, 4.69) is 9.97 Å². The van der Waals surface area contributed by atoms with Crippen molar-refractivity contribution in [1.29, 1.82) is 0 Å². The molecule has 23 heavy (non-hydrogen) atoms. The standard InChI is InChI=1S/C16H13ClFN3OS/c1-23-16-19-9-10-8-12(11-4-2-3-5-13(11)17)15(22)21(7-6-18)14(10)20-16/h2-5,8-9H,6-7H2,1H3. The van der Waals surface area contributed by atoms with Crippen LogP contribution >= 0.6 is 23.4 Å². The van der Waals surface area contributed by atoms with E-state index in [1.54, 1.807) is 36.5 Å². The number of fused-ring (bicyclic) bond motifs is 1. The first-order chi connectivity index (χ1) is 11.2. The number of aryl methyl sites for hydroxylation is 1. The van der Waals surface area contributed by atoms with Gasteiger partial charge in [0.25, 0.3) is 5.56 Å². The van der Waals surface area contributed by atoms with Crippen LogP contribution in [0.4, 0.5) is 4.39 Å². The van der Waals surface area contributed by atoms with Gasteiger partial charge in [0.1, 0.15) is 12.3 Å². The van der Waals surface area contributed by atoms with Gasteiger partial charge < -0.3 is 0 Å². The van der Waals surface area contributed by atoms with Gasteiger partial charge in [0.2, 0.25) is 0 Å². The smallest absolute Gasteiger partial charge is 0.260 e. The number of hydrogen-bond donors (Lipinski definition) is 0. The molecule has 0 radical (unpaired) electrons. The lowest BCUT2D eigenvalue weighted by atomic mass is 10.1. The van der Waals surface area contributed by atoms with E-state index in [4.69, 9.17) is 11.6 Å². The summed E-state index contributed by atoms with van der Waals surface area (Å²) in [6.45, 7) is -0.710. The molecule has 0 aliphatic carbocycles. The quantitative estimate of drug-likeness (QED) is 0.531. The lowest BCUT2D eigenvalue weighted by Crippen LogP contribution is -2.24. The molecule has 0 saturated heterocycles. The number of aromatic nitrogens is 3. The number of hydrogen-bond acceptors (Lipinski definition) is 4. The molecule has 7 heteroatoms. The van der Waals surface area contributed by atoms with Crippen molar-refractivity contribution in [2.24, 2.45) is 0 Å². The minimum atomic E-state index is -0.653. The Morgan fingerprint density at radius 3 is 2.78 bits per heavy atom. The van der Waals surface area contributed by atoms with Crippen molar-refractivity contribution in [3.63, 3.8) is 0 Å². The Labute approximate surface area is 141 Å². The monoisotopic (exact) mass is 349 g/mol. The van der Waals surface area contributed by atoms with Crippen LogP contribution in [-0.2, 0) is 6.54 Å². The molecule has 0 aliphatic rings. The molecule has 2 heterocycles. The highest BCUT2D eigenvalue weighted by Gasteiger charge is 2.14. The van der Waals surface area contributed by atoms with Crippen molar-refractivity contribution in [1.82, 2.24) is 14.5 Å². The summed E-state index contributed by atoms with van der Waals surface area (Å²) in [4.78, 5) is 21.4. The summed E-state index contributed by atoms with van der Waals surface area (Å²) < 4.78 is 14.3. The molecule has 0 spiro atoms. The first-order valence-corrected chi connectivity index (χ1v) is 8.51. The van der Waals surface area contributed by atoms with E-state index in [1.807, 2.05) is 6.26 Å². The Hall–Kier alpha value is -1.92. The number of halogens is 2. The summed E-state index contributed by atoms with van der Waals surface area (Å²) >= 11 is 7.57. The molecular formula is C16H13ClFN3OS. The molecule has 0 atom stereocenters. The first kappa shape index (κ1) is 16.0. The van der Waals surface area contributed by atoms with Crippen LogP contribution in [0.2, 0.25) is 5.02 Å². The molecule has 0 N–H and O–H groups in total. The van der Waals surface area contributed by atoms with E-state index in [0.29, 0.717) is 32.3 Å². The van der Waals surface area contributed by atoms with Crippen LogP contribution in [0.1, 0.15) is 0 Å². The summed E-state index contributed by atoms with van der Waals surface area (Å²) in [7, 11) is 0. The van der Waals surface area contributed by atoms with Crippen LogP contribution in [-0.4, -0.2) is 27.5 Å². The third-order valence-electron chi connectivity index (χ3n) is 3.46. The van der Waals surface area contributed by atoms with Gasteiger partial charge in [0.15, 0.2) is 5.16 Å². The van der Waals surface area contributed by atoms with Crippen molar-refractivity contribution in [3.05, 3.63) is 51.9 Å². The van der Waals surface area contributed by atoms with E-state index in [0.717, 1.165) is 0 Å². The molecular weight excluding hydrogens is 337 g/mol. The topological polar surface area (TPSA) is 47.8 Å². The van der Waals surface area contributed by atoms with E-state index < -0.39 is 6.67 Å². The maximum absolute atomic E-state index is 12.9. The van der Waals surface area contributed by atoms with E-state index >= 15 is 0 Å². The van der Waals surface area contributed by atoms with Gasteiger partial charge in [0, 0.05) is 27.7 Å². The molecule has 1 aromatic carbocycles. The van der Waals surface area contributed by atoms with Gasteiger partial charge in [-0.3, -0.25) is 9.36 Å². The summed E-state index contributed by atoms with van der Waals surface area (Å²) in [5.41, 5.74) is 1.15. The highest BCUT2D eigenvalue weighted by Crippen LogP contribution is 2.27. The number of alkyl halides is 1. The number of thioether (sulfide) groups is 1. The fourth-order valence-electron chi connectivity index (χ4n) is 2.41. The SMILES string of the molecule is CSc1ncc2cc(-c3ccccc3Cl)c(=O)n(CCF)c2n1. The highest BCUT2D eigenvalue weighted by atomic mass is 35.5. The predicted octanol–water partition coefficient (Wildman–Crippen LogP) is 3.80. The Bertz CT molecular complexity index is 929. The van der Waals surface area contributed by atoms with Crippen molar-refractivity contribution in [2.75, 3.05) is 12.9 Å². The van der Waals surface area contributed by atoms with Crippen LogP contribution in [0.3, 0.4) is 0 Å². The second kappa shape index (κ2) is 6.68. The van der Waals surface area contributed by atoms with Gasteiger partial charge in [-0.2, -0.15) is 0 Å². The van der Waals surface area contributed by atoms with Crippen LogP contribution in [0.15, 0.2) is 46.5 Å². The molecule has 4 nitrogen and oxygen atoms in total. The number of pyridine rings is 1. The predicted molar refractivity (Wildman–Crippen MR) is 92.0 cm³/mol. The zero-order valence-corrected chi connectivity index (χ0v) is 13.9. The molecule has 3 rings (SSSR count). The number of rotatable bonds is 4. The minimum absolute atomic E-state index is 0.0571. The molecule has 0 amide bonds. The van der Waals surface area contributed by atoms with Gasteiger partial charge in [-0.1, -0.05) is 41.6 Å². The fraction of sp³-hybridized carbons (Fsp3) is 0.188. The zero-order valence-electron chi connectivity index (χ0n) is 12.3. The van der Waals surface area contributed by atoms with Crippen molar-refractivity contribution < 1.29 is 4.39 Å². The lowest BCUT2D eigenvalue weighted by Gasteiger charge is -2.12. The van der Waals surface area contributed by atoms with Crippen molar-refractivity contribution >= 4 is 34.4 Å². The Balaban J connectivity index is 2.35. The molecule has 0 fully saturated rings. The first-order valence-electron chi connectivity index (χ1n) is 6.91. The summed E-state index contributed by atoms with van der Waals surface area (Å²) in [6.07, 6.45) is 3.49. The summed E-state index contributed by atoms with van der Waals surface area (Å²) in [5, 5.41) is 1.68. The third kappa shape index (κ3) is 2.96. The largest absolute Gasteiger partial charge is 0.289 e. The molecule has 0 bridgehead atoms. The van der Waals surface area contributed by atoms with Gasteiger partial charge in [-0.15, -0.1) is 0 Å². The Morgan fingerprint density at radius 2 is 2.09 bits per heavy atom. The van der Waals surface area contributed by atoms with Crippen LogP contribution in [0.25, 0.3) is 22.2 Å². The summed E-state index contributed by atoms with van der Waals surface area (Å²) in [6, 6.07) is 8.78. The highest BCUT2D eigenvalue weighted by molar-refractivity contribution is 7.98. The average molecular weight is 350 g/mol. The molecule has 118 valence electrons. The molecule has 0 unspecified atom stereocenters. The molecule has 2 aromatic heterocycles. The molecule has 0 saturated carbocycles. The van der Waals surface area contributed by atoms with Gasteiger partial charge in [-0.05, 0) is 18.4 Å². The van der Waals surface area contributed by atoms with Crippen LogP contribution in [0.5, 0.6) is 0 Å². The second-order valence-corrected chi connectivity index (χ2v) is 6.00. The second-order valence-electron chi connectivity index (χ2n) is 4.82. The van der Waals surface area contributed by atoms with E-state index in [-0.39, 0.29) is 12.1 Å². The van der Waals surface area contributed by atoms with Gasteiger partial charge >= 0.3 is 0 Å².